The van der Waals surface area contributed by atoms with Crippen molar-refractivity contribution >= 4 is 45.2 Å². The maximum absolute atomic E-state index is 13.4. The van der Waals surface area contributed by atoms with Crippen LogP contribution < -0.4 is 0 Å². The summed E-state index contributed by atoms with van der Waals surface area (Å²) in [5, 5.41) is 8.63. The highest BCUT2D eigenvalue weighted by Gasteiger charge is 2.32. The molecule has 0 aliphatic rings. The normalized spacial score (nSPS) is 11.7. The summed E-state index contributed by atoms with van der Waals surface area (Å²) in [5.41, 5.74) is 0.195. The third-order valence-electron chi connectivity index (χ3n) is 5.38. The largest absolute Gasteiger partial charge is 0.394 e. The van der Waals surface area contributed by atoms with Crippen LogP contribution in [-0.2, 0) is 36.3 Å². The topological polar surface area (TPSA) is 157 Å². The molecule has 0 bridgehead atoms. The standard InChI is InChI=1S/C24H26ClN7O6S/c1-7-38-29-23(32(15(3)34)16(4)35)19-12-13-20(39(36,37)31(6)14(2)33)21(26-19)24-27-22(28-30(24)5)17-10-8-9-11-18(17)25/h8-13H,7H2,1-6H3/b29-23-. The molecular weight excluding hydrogens is 550 g/mol. The highest BCUT2D eigenvalue weighted by molar-refractivity contribution is 7.89. The number of sulfonamides is 1. The second kappa shape index (κ2) is 11.7. The molecule has 39 heavy (non-hydrogen) atoms. The number of amides is 3. The third kappa shape index (κ3) is 5.96. The van der Waals surface area contributed by atoms with E-state index in [1.165, 1.54) is 23.9 Å². The number of pyridine rings is 1. The summed E-state index contributed by atoms with van der Waals surface area (Å²) in [4.78, 5) is 51.1. The molecule has 0 spiro atoms. The summed E-state index contributed by atoms with van der Waals surface area (Å²) < 4.78 is 28.7. The maximum atomic E-state index is 13.4. The molecule has 0 radical (unpaired) electrons. The Balaban J connectivity index is 2.37. The van der Waals surface area contributed by atoms with Crippen molar-refractivity contribution in [1.29, 1.82) is 0 Å². The van der Waals surface area contributed by atoms with E-state index in [9.17, 15) is 22.8 Å². The molecule has 15 heteroatoms. The highest BCUT2D eigenvalue weighted by Crippen LogP contribution is 2.31. The first-order valence-corrected chi connectivity index (χ1v) is 13.3. The molecule has 3 aromatic rings. The zero-order valence-electron chi connectivity index (χ0n) is 22.0. The van der Waals surface area contributed by atoms with Crippen molar-refractivity contribution in [1.82, 2.24) is 29.0 Å². The third-order valence-corrected chi connectivity index (χ3v) is 7.57. The van der Waals surface area contributed by atoms with Gasteiger partial charge in [0.15, 0.2) is 11.6 Å². The summed E-state index contributed by atoms with van der Waals surface area (Å²) in [6.07, 6.45) is 0. The van der Waals surface area contributed by atoms with Gasteiger partial charge in [0, 0.05) is 40.4 Å². The minimum atomic E-state index is -4.41. The average molecular weight is 576 g/mol. The molecule has 13 nitrogen and oxygen atoms in total. The van der Waals surface area contributed by atoms with Gasteiger partial charge in [-0.2, -0.15) is 5.10 Å². The van der Waals surface area contributed by atoms with Crippen molar-refractivity contribution in [2.24, 2.45) is 12.2 Å². The van der Waals surface area contributed by atoms with Crippen LogP contribution >= 0.6 is 11.6 Å². The zero-order valence-corrected chi connectivity index (χ0v) is 23.6. The molecular formula is C24H26ClN7O6S. The molecule has 2 aromatic heterocycles. The number of hydrogen-bond donors (Lipinski definition) is 0. The zero-order chi connectivity index (χ0) is 29.1. The van der Waals surface area contributed by atoms with E-state index in [4.69, 9.17) is 16.4 Å². The van der Waals surface area contributed by atoms with Crippen LogP contribution in [0.15, 0.2) is 46.4 Å². The van der Waals surface area contributed by atoms with Gasteiger partial charge in [-0.25, -0.2) is 32.3 Å². The van der Waals surface area contributed by atoms with Crippen molar-refractivity contribution in [2.75, 3.05) is 13.7 Å². The van der Waals surface area contributed by atoms with Crippen LogP contribution in [0.25, 0.3) is 22.9 Å². The Hall–Kier alpha value is -4.17. The second-order valence-electron chi connectivity index (χ2n) is 8.10. The van der Waals surface area contributed by atoms with Gasteiger partial charge >= 0.3 is 0 Å². The number of halogens is 1. The molecule has 1 aromatic carbocycles. The van der Waals surface area contributed by atoms with Crippen molar-refractivity contribution in [3.8, 4) is 22.9 Å². The number of nitrogens with zero attached hydrogens (tertiary/aromatic N) is 7. The molecule has 206 valence electrons. The molecule has 0 aliphatic carbocycles. The van der Waals surface area contributed by atoms with Gasteiger partial charge in [-0.1, -0.05) is 28.9 Å². The SMILES string of the molecule is CCO/N=C(/c1ccc(S(=O)(=O)N(C)C(C)=O)c(-c2nc(-c3ccccc3Cl)nn2C)n1)N(C(C)=O)C(C)=O. The van der Waals surface area contributed by atoms with Gasteiger partial charge in [-0.15, -0.1) is 0 Å². The van der Waals surface area contributed by atoms with E-state index in [0.29, 0.717) is 14.9 Å². The van der Waals surface area contributed by atoms with E-state index in [1.54, 1.807) is 31.2 Å². The number of aromatic nitrogens is 4. The molecule has 3 amide bonds. The van der Waals surface area contributed by atoms with Crippen molar-refractivity contribution in [3.05, 3.63) is 47.1 Å². The number of imide groups is 1. The Kier molecular flexibility index (Phi) is 8.81. The minimum Gasteiger partial charge on any atom is -0.394 e. The van der Waals surface area contributed by atoms with Gasteiger partial charge in [0.2, 0.25) is 23.6 Å². The van der Waals surface area contributed by atoms with Gasteiger partial charge in [-0.3, -0.25) is 14.4 Å². The Morgan fingerprint density at radius 2 is 1.67 bits per heavy atom. The Bertz CT molecular complexity index is 1570. The molecule has 2 heterocycles. The molecule has 0 N–H and O–H groups in total. The molecule has 0 aliphatic heterocycles. The smallest absolute Gasteiger partial charge is 0.268 e. The molecule has 0 fully saturated rings. The summed E-state index contributed by atoms with van der Waals surface area (Å²) in [6, 6.07) is 9.23. The Morgan fingerprint density at radius 3 is 2.23 bits per heavy atom. The number of hydrogen-bond acceptors (Lipinski definition) is 10. The van der Waals surface area contributed by atoms with Crippen LogP contribution in [0.3, 0.4) is 0 Å². The van der Waals surface area contributed by atoms with Crippen LogP contribution in [-0.4, -0.2) is 74.6 Å². The number of aryl methyl sites for hydroxylation is 1. The van der Waals surface area contributed by atoms with Crippen molar-refractivity contribution in [2.45, 2.75) is 32.6 Å². The van der Waals surface area contributed by atoms with E-state index < -0.39 is 27.7 Å². The lowest BCUT2D eigenvalue weighted by atomic mass is 10.2. The van der Waals surface area contributed by atoms with Gasteiger partial charge in [0.1, 0.15) is 22.9 Å². The van der Waals surface area contributed by atoms with Crippen molar-refractivity contribution < 1.29 is 27.6 Å². The molecule has 0 saturated heterocycles. The number of amidine groups is 1. The predicted molar refractivity (Wildman–Crippen MR) is 142 cm³/mol. The summed E-state index contributed by atoms with van der Waals surface area (Å²) in [7, 11) is -1.78. The fraction of sp³-hybridized carbons (Fsp3) is 0.292. The van der Waals surface area contributed by atoms with Crippen LogP contribution in [0.5, 0.6) is 0 Å². The first-order chi connectivity index (χ1) is 18.3. The molecule has 0 unspecified atom stereocenters. The van der Waals surface area contributed by atoms with E-state index in [2.05, 4.69) is 20.2 Å². The van der Waals surface area contributed by atoms with Gasteiger partial charge in [-0.05, 0) is 31.2 Å². The first kappa shape index (κ1) is 29.4. The molecule has 0 atom stereocenters. The number of carbonyl (C=O) groups is 3. The number of rotatable bonds is 7. The molecule has 0 saturated carbocycles. The predicted octanol–water partition coefficient (Wildman–Crippen LogP) is 2.46. The molecule has 3 rings (SSSR count). The summed E-state index contributed by atoms with van der Waals surface area (Å²) in [5.74, 6) is -2.16. The maximum Gasteiger partial charge on any atom is 0.268 e. The van der Waals surface area contributed by atoms with Crippen LogP contribution in [0.1, 0.15) is 33.4 Å². The fourth-order valence-corrected chi connectivity index (χ4v) is 4.93. The quantitative estimate of drug-likeness (QED) is 0.234. The van der Waals surface area contributed by atoms with Gasteiger partial charge < -0.3 is 4.84 Å². The minimum absolute atomic E-state index is 0.00439. The fourth-order valence-electron chi connectivity index (χ4n) is 3.45. The monoisotopic (exact) mass is 575 g/mol. The average Bonchev–Trinajstić information content (AvgIpc) is 3.26. The van der Waals surface area contributed by atoms with E-state index in [1.807, 2.05) is 0 Å². The van der Waals surface area contributed by atoms with Crippen LogP contribution in [0.2, 0.25) is 5.02 Å². The second-order valence-corrected chi connectivity index (χ2v) is 10.4. The van der Waals surface area contributed by atoms with Crippen LogP contribution in [0.4, 0.5) is 0 Å². The lowest BCUT2D eigenvalue weighted by Gasteiger charge is -2.20. The highest BCUT2D eigenvalue weighted by atomic mass is 35.5. The van der Waals surface area contributed by atoms with E-state index >= 15 is 0 Å². The summed E-state index contributed by atoms with van der Waals surface area (Å²) in [6.45, 7) is 5.17. The Labute approximate surface area is 230 Å². The van der Waals surface area contributed by atoms with Crippen molar-refractivity contribution in [3.63, 3.8) is 0 Å². The Morgan fingerprint density at radius 1 is 1.03 bits per heavy atom. The van der Waals surface area contributed by atoms with E-state index in [-0.39, 0.29) is 40.4 Å². The summed E-state index contributed by atoms with van der Waals surface area (Å²) >= 11 is 6.31. The lowest BCUT2D eigenvalue weighted by molar-refractivity contribution is -0.137. The van der Waals surface area contributed by atoms with Gasteiger partial charge in [0.05, 0.1) is 5.02 Å². The van der Waals surface area contributed by atoms with Gasteiger partial charge in [0.25, 0.3) is 10.0 Å². The van der Waals surface area contributed by atoms with E-state index in [0.717, 1.165) is 32.7 Å². The van der Waals surface area contributed by atoms with Crippen LogP contribution in [0, 0.1) is 0 Å². The number of carbonyl (C=O) groups excluding carboxylic acids is 3. The number of benzene rings is 1. The number of oxime groups is 1. The first-order valence-electron chi connectivity index (χ1n) is 11.5. The lowest BCUT2D eigenvalue weighted by Crippen LogP contribution is -2.40.